The van der Waals surface area contributed by atoms with Gasteiger partial charge in [0.2, 0.25) is 0 Å². The number of nitrogens with one attached hydrogen (secondary N) is 2. The van der Waals surface area contributed by atoms with Crippen LogP contribution in [0.2, 0.25) is 0 Å². The Morgan fingerprint density at radius 1 is 1.15 bits per heavy atom. The molecule has 0 saturated heterocycles. The molecule has 0 bridgehead atoms. The average Bonchev–Trinajstić information content (AvgIpc) is 2.65. The predicted octanol–water partition coefficient (Wildman–Crippen LogP) is 2.57. The second-order valence-corrected chi connectivity index (χ2v) is 8.00. The van der Waals surface area contributed by atoms with Crippen LogP contribution in [0.5, 0.6) is 5.75 Å². The first kappa shape index (κ1) is 20.4. The molecule has 0 radical (unpaired) electrons. The molecule has 0 fully saturated rings. The average molecular weight is 442 g/mol. The zero-order chi connectivity index (χ0) is 19.2. The summed E-state index contributed by atoms with van der Waals surface area (Å²) in [7, 11) is -0.888. The third-order valence-electron chi connectivity index (χ3n) is 3.46. The highest BCUT2D eigenvalue weighted by atomic mass is 79.9. The van der Waals surface area contributed by atoms with Gasteiger partial charge in [0, 0.05) is 19.7 Å². The van der Waals surface area contributed by atoms with Crippen LogP contribution >= 0.6 is 15.9 Å². The number of anilines is 1. The number of hydrogen-bond acceptors (Lipinski definition) is 5. The van der Waals surface area contributed by atoms with Crippen molar-refractivity contribution in [1.29, 1.82) is 0 Å². The summed E-state index contributed by atoms with van der Waals surface area (Å²) < 4.78 is 30.6. The number of halogens is 1. The monoisotopic (exact) mass is 441 g/mol. The quantitative estimate of drug-likeness (QED) is 0.354. The summed E-state index contributed by atoms with van der Waals surface area (Å²) in [4.78, 5) is 14.1. The van der Waals surface area contributed by atoms with Gasteiger partial charge in [-0.15, -0.1) is 4.83 Å². The SMILES string of the molecule is CN(C)S(=O)(=O)NNc1cc(C(=O)CBr)ccc1OCc1ccccc1. The Balaban J connectivity index is 2.23. The number of rotatable bonds is 9. The lowest BCUT2D eigenvalue weighted by Gasteiger charge is -2.17. The Hall–Kier alpha value is -1.94. The van der Waals surface area contributed by atoms with Gasteiger partial charge in [-0.2, -0.15) is 12.7 Å². The molecule has 2 rings (SSSR count). The predicted molar refractivity (Wildman–Crippen MR) is 105 cm³/mol. The number of carbonyl (C=O) groups excluding carboxylic acids is 1. The van der Waals surface area contributed by atoms with Gasteiger partial charge in [0.1, 0.15) is 12.4 Å². The van der Waals surface area contributed by atoms with E-state index in [0.29, 0.717) is 23.6 Å². The molecule has 7 nitrogen and oxygen atoms in total. The molecule has 0 aliphatic carbocycles. The van der Waals surface area contributed by atoms with Gasteiger partial charge in [-0.25, -0.2) is 0 Å². The Bertz CT molecular complexity index is 858. The first-order valence-electron chi connectivity index (χ1n) is 7.68. The molecule has 0 aromatic heterocycles. The normalized spacial score (nSPS) is 11.4. The van der Waals surface area contributed by atoms with Crippen molar-refractivity contribution in [2.24, 2.45) is 0 Å². The zero-order valence-electron chi connectivity index (χ0n) is 14.4. The molecular weight excluding hydrogens is 422 g/mol. The number of hydrazine groups is 1. The highest BCUT2D eigenvalue weighted by Crippen LogP contribution is 2.27. The molecule has 0 heterocycles. The van der Waals surface area contributed by atoms with Crippen molar-refractivity contribution in [3.63, 3.8) is 0 Å². The van der Waals surface area contributed by atoms with Crippen LogP contribution in [-0.2, 0) is 16.8 Å². The minimum absolute atomic E-state index is 0.127. The van der Waals surface area contributed by atoms with Gasteiger partial charge in [0.25, 0.3) is 10.2 Å². The summed E-state index contributed by atoms with van der Waals surface area (Å²) in [6.45, 7) is 0.307. The van der Waals surface area contributed by atoms with Crippen LogP contribution in [0, 0.1) is 0 Å². The second kappa shape index (κ2) is 9.13. The highest BCUT2D eigenvalue weighted by Gasteiger charge is 2.15. The van der Waals surface area contributed by atoms with Gasteiger partial charge in [-0.1, -0.05) is 46.3 Å². The van der Waals surface area contributed by atoms with Gasteiger partial charge in [0.05, 0.1) is 11.0 Å². The summed E-state index contributed by atoms with van der Waals surface area (Å²) in [5.74, 6) is 0.291. The third-order valence-corrected chi connectivity index (χ3v) is 5.29. The molecule has 0 amide bonds. The van der Waals surface area contributed by atoms with Gasteiger partial charge < -0.3 is 10.2 Å². The Labute approximate surface area is 161 Å². The maximum atomic E-state index is 11.9. The van der Waals surface area contributed by atoms with E-state index in [1.807, 2.05) is 30.3 Å². The number of nitrogens with zero attached hydrogens (tertiary/aromatic N) is 1. The molecule has 0 spiro atoms. The lowest BCUT2D eigenvalue weighted by molar-refractivity contribution is 0.102. The van der Waals surface area contributed by atoms with E-state index in [1.54, 1.807) is 18.2 Å². The van der Waals surface area contributed by atoms with E-state index < -0.39 is 10.2 Å². The van der Waals surface area contributed by atoms with Crippen molar-refractivity contribution < 1.29 is 17.9 Å². The van der Waals surface area contributed by atoms with Gasteiger partial charge in [0.15, 0.2) is 5.78 Å². The maximum absolute atomic E-state index is 11.9. The van der Waals surface area contributed by atoms with Crippen LogP contribution in [0.3, 0.4) is 0 Å². The van der Waals surface area contributed by atoms with Crippen molar-refractivity contribution >= 4 is 37.6 Å². The van der Waals surface area contributed by atoms with Crippen molar-refractivity contribution in [3.8, 4) is 5.75 Å². The fraction of sp³-hybridized carbons (Fsp3) is 0.235. The Kier molecular flexibility index (Phi) is 7.15. The van der Waals surface area contributed by atoms with E-state index in [9.17, 15) is 13.2 Å². The molecule has 0 atom stereocenters. The molecule has 0 saturated carbocycles. The molecule has 2 aromatic carbocycles. The molecule has 9 heteroatoms. The second-order valence-electron chi connectivity index (χ2n) is 5.56. The molecular formula is C17H20BrN3O4S. The van der Waals surface area contributed by atoms with E-state index in [0.717, 1.165) is 9.87 Å². The Morgan fingerprint density at radius 3 is 2.46 bits per heavy atom. The van der Waals surface area contributed by atoms with Crippen LogP contribution in [-0.4, -0.2) is 37.9 Å². The standard InChI is InChI=1S/C17H20BrN3O4S/c1-21(2)26(23,24)20-19-15-10-14(16(22)11-18)8-9-17(15)25-12-13-6-4-3-5-7-13/h3-10,19-20H,11-12H2,1-2H3. The van der Waals surface area contributed by atoms with Gasteiger partial charge >= 0.3 is 0 Å². The number of hydrogen-bond donors (Lipinski definition) is 2. The fourth-order valence-corrected chi connectivity index (χ4v) is 2.70. The molecule has 0 aliphatic heterocycles. The van der Waals surface area contributed by atoms with Gasteiger partial charge in [-0.3, -0.25) is 4.79 Å². The summed E-state index contributed by atoms with van der Waals surface area (Å²) in [5, 5.41) is 0.167. The molecule has 0 unspecified atom stereocenters. The minimum Gasteiger partial charge on any atom is -0.487 e. The number of benzene rings is 2. The largest absolute Gasteiger partial charge is 0.487 e. The van der Waals surface area contributed by atoms with E-state index >= 15 is 0 Å². The van der Waals surface area contributed by atoms with E-state index in [1.165, 1.54) is 14.1 Å². The summed E-state index contributed by atoms with van der Waals surface area (Å²) in [5.41, 5.74) is 4.36. The number of alkyl halides is 1. The lowest BCUT2D eigenvalue weighted by Crippen LogP contribution is -2.39. The van der Waals surface area contributed by atoms with Crippen molar-refractivity contribution in [2.75, 3.05) is 24.9 Å². The molecule has 0 aliphatic rings. The van der Waals surface area contributed by atoms with Crippen molar-refractivity contribution in [3.05, 3.63) is 59.7 Å². The van der Waals surface area contributed by atoms with Crippen molar-refractivity contribution in [1.82, 2.24) is 9.14 Å². The molecule has 26 heavy (non-hydrogen) atoms. The molecule has 2 aromatic rings. The van der Waals surface area contributed by atoms with E-state index in [4.69, 9.17) is 4.74 Å². The minimum atomic E-state index is -3.70. The lowest BCUT2D eigenvalue weighted by atomic mass is 10.1. The van der Waals surface area contributed by atoms with Crippen LogP contribution in [0.15, 0.2) is 48.5 Å². The number of ketones is 1. The topological polar surface area (TPSA) is 87.7 Å². The Morgan fingerprint density at radius 2 is 1.85 bits per heavy atom. The van der Waals surface area contributed by atoms with Gasteiger partial charge in [-0.05, 0) is 23.8 Å². The van der Waals surface area contributed by atoms with E-state index in [-0.39, 0.29) is 11.1 Å². The van der Waals surface area contributed by atoms with E-state index in [2.05, 4.69) is 26.2 Å². The third kappa shape index (κ3) is 5.53. The number of ether oxygens (including phenoxy) is 1. The molecule has 140 valence electrons. The highest BCUT2D eigenvalue weighted by molar-refractivity contribution is 9.09. The summed E-state index contributed by atoms with van der Waals surface area (Å²) in [6, 6.07) is 14.4. The fourth-order valence-electron chi connectivity index (χ4n) is 1.95. The molecule has 2 N–H and O–H groups in total. The number of Topliss-reactive ketones (excluding diaryl/α,β-unsaturated/α-hetero) is 1. The van der Waals surface area contributed by atoms with Crippen LogP contribution < -0.4 is 15.0 Å². The smallest absolute Gasteiger partial charge is 0.295 e. The van der Waals surface area contributed by atoms with Crippen LogP contribution in [0.1, 0.15) is 15.9 Å². The maximum Gasteiger partial charge on any atom is 0.295 e. The number of carbonyl (C=O) groups is 1. The first-order chi connectivity index (χ1) is 12.3. The van der Waals surface area contributed by atoms with Crippen molar-refractivity contribution in [2.45, 2.75) is 6.61 Å². The van der Waals surface area contributed by atoms with Crippen LogP contribution in [0.25, 0.3) is 0 Å². The van der Waals surface area contributed by atoms with Crippen LogP contribution in [0.4, 0.5) is 5.69 Å². The first-order valence-corrected chi connectivity index (χ1v) is 10.2. The summed E-state index contributed by atoms with van der Waals surface area (Å²) in [6.07, 6.45) is 0. The zero-order valence-corrected chi connectivity index (χ0v) is 16.8. The summed E-state index contributed by atoms with van der Waals surface area (Å²) >= 11 is 3.13.